The number of furan rings is 1. The fraction of sp³-hybridized carbons (Fsp3) is 0.389. The second-order valence-corrected chi connectivity index (χ2v) is 6.01. The average Bonchev–Trinajstić information content (AvgIpc) is 3.21. The van der Waals surface area contributed by atoms with Crippen LogP contribution in [0.2, 0.25) is 0 Å². The number of benzene rings is 1. The number of fused-ring (bicyclic) bond motifs is 1. The number of hydrogen-bond acceptors (Lipinski definition) is 6. The van der Waals surface area contributed by atoms with Crippen LogP contribution in [0, 0.1) is 0 Å². The van der Waals surface area contributed by atoms with E-state index in [1.54, 1.807) is 19.3 Å². The molecule has 0 bridgehead atoms. The molecule has 0 aliphatic heterocycles. The van der Waals surface area contributed by atoms with E-state index in [4.69, 9.17) is 9.15 Å². The Hall–Kier alpha value is -2.35. The van der Waals surface area contributed by atoms with Crippen molar-refractivity contribution >= 4 is 17.0 Å². The number of para-hydroxylation sites is 2. The van der Waals surface area contributed by atoms with Gasteiger partial charge in [-0.2, -0.15) is 0 Å². The molecule has 0 spiro atoms. The third kappa shape index (κ3) is 4.60. The van der Waals surface area contributed by atoms with Crippen LogP contribution in [0.4, 0.5) is 5.95 Å². The molecule has 2 unspecified atom stereocenters. The normalized spacial score (nSPS) is 13.9. The molecule has 2 heterocycles. The second kappa shape index (κ2) is 8.15. The standard InChI is InChI=1S/C18H23N3O4/c1-13(22)9-19-18-20-16-6-2-3-7-17(16)21(18)10-14(23)11-24-12-15-5-4-8-25-15/h2-8,13-14,22-23H,9-12H2,1H3,(H,19,20). The van der Waals surface area contributed by atoms with Crippen LogP contribution in [0.5, 0.6) is 0 Å². The van der Waals surface area contributed by atoms with Crippen LogP contribution in [0.3, 0.4) is 0 Å². The summed E-state index contributed by atoms with van der Waals surface area (Å²) in [5.41, 5.74) is 1.75. The van der Waals surface area contributed by atoms with Crippen molar-refractivity contribution in [3.05, 3.63) is 48.4 Å². The Kier molecular flexibility index (Phi) is 5.70. The van der Waals surface area contributed by atoms with Gasteiger partial charge in [0, 0.05) is 6.54 Å². The van der Waals surface area contributed by atoms with Crippen molar-refractivity contribution in [1.29, 1.82) is 0 Å². The summed E-state index contributed by atoms with van der Waals surface area (Å²) in [6.07, 6.45) is 0.404. The SMILES string of the molecule is CC(O)CNc1nc2ccccc2n1CC(O)COCc1ccco1. The zero-order valence-electron chi connectivity index (χ0n) is 14.1. The topological polar surface area (TPSA) is 92.7 Å². The van der Waals surface area contributed by atoms with E-state index in [0.29, 0.717) is 25.6 Å². The number of aromatic nitrogens is 2. The summed E-state index contributed by atoms with van der Waals surface area (Å²) in [5.74, 6) is 1.34. The lowest BCUT2D eigenvalue weighted by molar-refractivity contribution is 0.0154. The van der Waals surface area contributed by atoms with Crippen LogP contribution in [0.15, 0.2) is 47.1 Å². The third-order valence-electron chi connectivity index (χ3n) is 3.74. The molecule has 0 saturated carbocycles. The molecule has 2 aromatic heterocycles. The highest BCUT2D eigenvalue weighted by Gasteiger charge is 2.15. The van der Waals surface area contributed by atoms with Crippen molar-refractivity contribution < 1.29 is 19.4 Å². The number of nitrogens with one attached hydrogen (secondary N) is 1. The minimum absolute atomic E-state index is 0.184. The number of aliphatic hydroxyl groups excluding tert-OH is 2. The lowest BCUT2D eigenvalue weighted by atomic mass is 10.3. The third-order valence-corrected chi connectivity index (χ3v) is 3.74. The minimum atomic E-state index is -0.695. The Labute approximate surface area is 145 Å². The average molecular weight is 345 g/mol. The Morgan fingerprint density at radius 1 is 1.24 bits per heavy atom. The van der Waals surface area contributed by atoms with Crippen molar-refractivity contribution in [1.82, 2.24) is 9.55 Å². The molecule has 0 aliphatic carbocycles. The number of anilines is 1. The highest BCUT2D eigenvalue weighted by atomic mass is 16.5. The fourth-order valence-electron chi connectivity index (χ4n) is 2.59. The maximum absolute atomic E-state index is 10.3. The van der Waals surface area contributed by atoms with Gasteiger partial charge in [-0.15, -0.1) is 0 Å². The first-order chi connectivity index (χ1) is 12.1. The molecule has 25 heavy (non-hydrogen) atoms. The molecule has 0 fully saturated rings. The number of hydrogen-bond donors (Lipinski definition) is 3. The number of imidazole rings is 1. The van der Waals surface area contributed by atoms with Crippen LogP contribution in [0.25, 0.3) is 11.0 Å². The zero-order valence-corrected chi connectivity index (χ0v) is 14.1. The van der Waals surface area contributed by atoms with E-state index in [0.717, 1.165) is 16.8 Å². The number of ether oxygens (including phenoxy) is 1. The second-order valence-electron chi connectivity index (χ2n) is 6.01. The van der Waals surface area contributed by atoms with Crippen molar-refractivity contribution in [3.8, 4) is 0 Å². The number of nitrogens with zero attached hydrogens (tertiary/aromatic N) is 2. The molecule has 1 aromatic carbocycles. The van der Waals surface area contributed by atoms with Crippen molar-refractivity contribution in [2.45, 2.75) is 32.3 Å². The van der Waals surface area contributed by atoms with Gasteiger partial charge < -0.3 is 29.3 Å². The van der Waals surface area contributed by atoms with Crippen LogP contribution in [-0.2, 0) is 17.9 Å². The Morgan fingerprint density at radius 2 is 2.08 bits per heavy atom. The van der Waals surface area contributed by atoms with Crippen LogP contribution in [0.1, 0.15) is 12.7 Å². The molecule has 3 N–H and O–H groups in total. The monoisotopic (exact) mass is 345 g/mol. The Morgan fingerprint density at radius 3 is 2.84 bits per heavy atom. The molecule has 0 amide bonds. The largest absolute Gasteiger partial charge is 0.467 e. The van der Waals surface area contributed by atoms with Crippen LogP contribution >= 0.6 is 0 Å². The Bertz CT molecular complexity index is 783. The van der Waals surface area contributed by atoms with Gasteiger partial charge in [-0.05, 0) is 31.2 Å². The smallest absolute Gasteiger partial charge is 0.204 e. The van der Waals surface area contributed by atoms with E-state index < -0.39 is 12.2 Å². The van der Waals surface area contributed by atoms with Gasteiger partial charge in [0.1, 0.15) is 12.4 Å². The summed E-state index contributed by atoms with van der Waals surface area (Å²) in [5, 5.41) is 22.9. The van der Waals surface area contributed by atoms with Crippen LogP contribution < -0.4 is 5.32 Å². The molecule has 0 saturated heterocycles. The maximum Gasteiger partial charge on any atom is 0.204 e. The van der Waals surface area contributed by atoms with E-state index in [9.17, 15) is 10.2 Å². The molecule has 0 radical (unpaired) electrons. The predicted molar refractivity (Wildman–Crippen MR) is 94.3 cm³/mol. The van der Waals surface area contributed by atoms with Gasteiger partial charge in [0.05, 0.1) is 42.7 Å². The molecule has 3 aromatic rings. The van der Waals surface area contributed by atoms with Gasteiger partial charge in [0.2, 0.25) is 5.95 Å². The van der Waals surface area contributed by atoms with Gasteiger partial charge >= 0.3 is 0 Å². The minimum Gasteiger partial charge on any atom is -0.467 e. The highest BCUT2D eigenvalue weighted by molar-refractivity contribution is 5.78. The number of aliphatic hydroxyl groups is 2. The fourth-order valence-corrected chi connectivity index (χ4v) is 2.59. The van der Waals surface area contributed by atoms with Crippen molar-refractivity contribution in [2.24, 2.45) is 0 Å². The zero-order chi connectivity index (χ0) is 17.6. The van der Waals surface area contributed by atoms with E-state index >= 15 is 0 Å². The first kappa shape index (κ1) is 17.5. The first-order valence-electron chi connectivity index (χ1n) is 8.29. The van der Waals surface area contributed by atoms with E-state index in [1.165, 1.54) is 0 Å². The molecule has 0 aliphatic rings. The molecule has 7 nitrogen and oxygen atoms in total. The van der Waals surface area contributed by atoms with Gasteiger partial charge in [-0.3, -0.25) is 0 Å². The van der Waals surface area contributed by atoms with Gasteiger partial charge in [-0.1, -0.05) is 12.1 Å². The Balaban J connectivity index is 1.66. The quantitative estimate of drug-likeness (QED) is 0.549. The molecular weight excluding hydrogens is 322 g/mol. The molecule has 3 rings (SSSR count). The maximum atomic E-state index is 10.3. The van der Waals surface area contributed by atoms with Crippen LogP contribution in [-0.4, -0.2) is 45.1 Å². The summed E-state index contributed by atoms with van der Waals surface area (Å²) < 4.78 is 12.6. The molecule has 7 heteroatoms. The van der Waals surface area contributed by atoms with E-state index in [-0.39, 0.29) is 6.61 Å². The molecule has 134 valence electrons. The van der Waals surface area contributed by atoms with Crippen molar-refractivity contribution in [2.75, 3.05) is 18.5 Å². The number of rotatable bonds is 9. The lowest BCUT2D eigenvalue weighted by Crippen LogP contribution is -2.24. The van der Waals surface area contributed by atoms with E-state index in [1.807, 2.05) is 34.9 Å². The predicted octanol–water partition coefficient (Wildman–Crippen LogP) is 2.00. The summed E-state index contributed by atoms with van der Waals surface area (Å²) in [6.45, 7) is 2.93. The van der Waals surface area contributed by atoms with Gasteiger partial charge in [-0.25, -0.2) is 4.98 Å². The summed E-state index contributed by atoms with van der Waals surface area (Å²) >= 11 is 0. The van der Waals surface area contributed by atoms with E-state index in [2.05, 4.69) is 10.3 Å². The summed E-state index contributed by atoms with van der Waals surface area (Å²) in [6, 6.07) is 11.3. The van der Waals surface area contributed by atoms with Crippen molar-refractivity contribution in [3.63, 3.8) is 0 Å². The summed E-state index contributed by atoms with van der Waals surface area (Å²) in [4.78, 5) is 4.53. The first-order valence-corrected chi connectivity index (χ1v) is 8.29. The van der Waals surface area contributed by atoms with Gasteiger partial charge in [0.15, 0.2) is 0 Å². The summed E-state index contributed by atoms with van der Waals surface area (Å²) in [7, 11) is 0. The molecule has 2 atom stereocenters. The lowest BCUT2D eigenvalue weighted by Gasteiger charge is -2.16. The molecular formula is C18H23N3O4. The highest BCUT2D eigenvalue weighted by Crippen LogP contribution is 2.20. The van der Waals surface area contributed by atoms with Gasteiger partial charge in [0.25, 0.3) is 0 Å².